The minimum Gasteiger partial charge on any atom is -0.540 e. The van der Waals surface area contributed by atoms with Gasteiger partial charge < -0.3 is 27.2 Å². The van der Waals surface area contributed by atoms with Crippen LogP contribution in [0, 0.1) is 6.42 Å². The number of hydrogen-bond acceptors (Lipinski definition) is 4. The van der Waals surface area contributed by atoms with E-state index in [9.17, 15) is 4.79 Å². The average Bonchev–Trinajstić information content (AvgIpc) is 2.24. The van der Waals surface area contributed by atoms with Gasteiger partial charge in [0.25, 0.3) is 0 Å². The first-order valence-electron chi connectivity index (χ1n) is 4.93. The van der Waals surface area contributed by atoms with Gasteiger partial charge in [0, 0.05) is 32.7 Å². The van der Waals surface area contributed by atoms with Gasteiger partial charge in [-0.25, -0.2) is 6.29 Å². The molecule has 0 bridgehead atoms. The fourth-order valence-electron chi connectivity index (χ4n) is 0.992. The number of carbonyl (C=O) groups excluding carboxylic acids is 1. The Labute approximate surface area is 127 Å². The average molecular weight is 312 g/mol. The van der Waals surface area contributed by atoms with Crippen LogP contribution < -0.4 is 5.73 Å². The topological polar surface area (TPSA) is 83.6 Å². The third kappa shape index (κ3) is 8.30. The Morgan fingerprint density at radius 2 is 1.88 bits per heavy atom. The Kier molecular flexibility index (Phi) is 11.9. The molecular formula is C12H17NO3Y-2. The SMILES string of the molecule is C[CH-]C.NC([C-]=O)Cc1ccc(O)c(O)c1.[Y]. The molecule has 1 radical (unpaired) electrons. The van der Waals surface area contributed by atoms with Crippen LogP contribution in [-0.2, 0) is 43.9 Å². The van der Waals surface area contributed by atoms with Gasteiger partial charge >= 0.3 is 0 Å². The zero-order valence-corrected chi connectivity index (χ0v) is 12.9. The summed E-state index contributed by atoms with van der Waals surface area (Å²) in [5, 5.41) is 18.1. The van der Waals surface area contributed by atoms with Gasteiger partial charge in [0.2, 0.25) is 0 Å². The van der Waals surface area contributed by atoms with Crippen LogP contribution in [0.5, 0.6) is 11.5 Å². The second kappa shape index (κ2) is 10.7. The van der Waals surface area contributed by atoms with Gasteiger partial charge in [-0.2, -0.15) is 13.8 Å². The molecule has 0 amide bonds. The molecule has 0 aliphatic rings. The minimum absolute atomic E-state index is 0. The van der Waals surface area contributed by atoms with E-state index < -0.39 is 6.04 Å². The van der Waals surface area contributed by atoms with E-state index in [2.05, 4.69) is 0 Å². The van der Waals surface area contributed by atoms with Gasteiger partial charge in [-0.15, -0.1) is 0 Å². The van der Waals surface area contributed by atoms with E-state index in [-0.39, 0.29) is 44.2 Å². The van der Waals surface area contributed by atoms with E-state index in [0.717, 1.165) is 0 Å². The summed E-state index contributed by atoms with van der Waals surface area (Å²) in [6, 6.07) is 3.62. The van der Waals surface area contributed by atoms with Crippen molar-refractivity contribution in [3.63, 3.8) is 0 Å². The molecule has 0 heterocycles. The Morgan fingerprint density at radius 3 is 2.29 bits per heavy atom. The first-order valence-corrected chi connectivity index (χ1v) is 4.93. The second-order valence-electron chi connectivity index (χ2n) is 3.33. The Morgan fingerprint density at radius 1 is 1.35 bits per heavy atom. The first kappa shape index (κ1) is 18.9. The molecule has 5 heteroatoms. The van der Waals surface area contributed by atoms with Gasteiger partial charge in [0.15, 0.2) is 11.5 Å². The van der Waals surface area contributed by atoms with Crippen molar-refractivity contribution in [3.05, 3.63) is 30.2 Å². The van der Waals surface area contributed by atoms with Gasteiger partial charge in [-0.3, -0.25) is 0 Å². The van der Waals surface area contributed by atoms with Crippen LogP contribution in [0.1, 0.15) is 19.4 Å². The smallest absolute Gasteiger partial charge is 0.157 e. The van der Waals surface area contributed by atoms with Gasteiger partial charge in [0.1, 0.15) is 0 Å². The van der Waals surface area contributed by atoms with Crippen molar-refractivity contribution >= 4 is 6.29 Å². The third-order valence-electron chi connectivity index (χ3n) is 1.65. The molecule has 1 aromatic rings. The van der Waals surface area contributed by atoms with Crippen molar-refractivity contribution in [1.82, 2.24) is 0 Å². The summed E-state index contributed by atoms with van der Waals surface area (Å²) >= 11 is 0. The molecule has 0 aliphatic carbocycles. The summed E-state index contributed by atoms with van der Waals surface area (Å²) in [6.45, 7) is 4.00. The molecule has 1 unspecified atom stereocenters. The number of nitrogens with two attached hydrogens (primary N) is 1. The van der Waals surface area contributed by atoms with Gasteiger partial charge in [-0.05, 0) is 24.1 Å². The summed E-state index contributed by atoms with van der Waals surface area (Å²) in [5.41, 5.74) is 6.01. The molecular weight excluding hydrogens is 295 g/mol. The molecule has 1 atom stereocenters. The maximum atomic E-state index is 10.1. The fourth-order valence-corrected chi connectivity index (χ4v) is 0.992. The zero-order valence-electron chi connectivity index (χ0n) is 10.1. The number of rotatable bonds is 3. The van der Waals surface area contributed by atoms with Crippen LogP contribution in [0.2, 0.25) is 0 Å². The molecule has 0 saturated heterocycles. The summed E-state index contributed by atoms with van der Waals surface area (Å²) in [4.78, 5) is 10.1. The second-order valence-corrected chi connectivity index (χ2v) is 3.33. The third-order valence-corrected chi connectivity index (χ3v) is 1.65. The standard InChI is InChI=1S/C9H10NO3.C3H7.Y/c10-7(5-11)3-6-1-2-8(12)9(13)4-6;1-3-2;/h1-2,4,7,12-13H,3,10H2;3H,1-2H3;/q2*-1;. The molecule has 0 aliphatic heterocycles. The van der Waals surface area contributed by atoms with Crippen molar-refractivity contribution in [2.45, 2.75) is 26.3 Å². The van der Waals surface area contributed by atoms with Crippen molar-refractivity contribution in [3.8, 4) is 11.5 Å². The van der Waals surface area contributed by atoms with E-state index in [1.807, 2.05) is 20.3 Å². The number of phenols is 2. The monoisotopic (exact) mass is 312 g/mol. The molecule has 1 rings (SSSR count). The van der Waals surface area contributed by atoms with Crippen molar-refractivity contribution in [2.75, 3.05) is 0 Å². The normalized spacial score (nSPS) is 10.5. The number of hydrogen-bond donors (Lipinski definition) is 3. The molecule has 0 saturated carbocycles. The predicted octanol–water partition coefficient (Wildman–Crippen LogP) is 1.31. The fraction of sp³-hybridized carbons (Fsp3) is 0.333. The Balaban J connectivity index is 0. The van der Waals surface area contributed by atoms with Crippen LogP contribution in [0.3, 0.4) is 0 Å². The molecule has 17 heavy (non-hydrogen) atoms. The van der Waals surface area contributed by atoms with Crippen molar-refractivity contribution < 1.29 is 47.7 Å². The maximum Gasteiger partial charge on any atom is 0.157 e. The summed E-state index contributed by atoms with van der Waals surface area (Å²) in [5.74, 6) is -0.400. The number of aromatic hydroxyl groups is 2. The van der Waals surface area contributed by atoms with Gasteiger partial charge in [0.05, 0.1) is 0 Å². The van der Waals surface area contributed by atoms with Gasteiger partial charge in [-0.1, -0.05) is 12.1 Å². The van der Waals surface area contributed by atoms with Crippen LogP contribution >= 0.6 is 0 Å². The largest absolute Gasteiger partial charge is 0.540 e. The van der Waals surface area contributed by atoms with E-state index in [0.29, 0.717) is 12.0 Å². The van der Waals surface area contributed by atoms with Crippen LogP contribution in [0.15, 0.2) is 18.2 Å². The zero-order chi connectivity index (χ0) is 12.6. The molecule has 0 aromatic heterocycles. The van der Waals surface area contributed by atoms with Crippen LogP contribution in [0.4, 0.5) is 0 Å². The Hall–Kier alpha value is -0.446. The number of phenolic OH excluding ortho intramolecular Hbond substituents is 2. The minimum atomic E-state index is -0.691. The summed E-state index contributed by atoms with van der Waals surface area (Å²) in [7, 11) is 0. The maximum absolute atomic E-state index is 10.1. The van der Waals surface area contributed by atoms with E-state index >= 15 is 0 Å². The predicted molar refractivity (Wildman–Crippen MR) is 62.8 cm³/mol. The van der Waals surface area contributed by atoms with E-state index in [1.54, 1.807) is 12.4 Å². The van der Waals surface area contributed by atoms with Crippen LogP contribution in [0.25, 0.3) is 0 Å². The van der Waals surface area contributed by atoms with Crippen molar-refractivity contribution in [2.24, 2.45) is 5.73 Å². The molecule has 93 valence electrons. The van der Waals surface area contributed by atoms with E-state index in [4.69, 9.17) is 15.9 Å². The molecule has 0 fully saturated rings. The molecule has 4 N–H and O–H groups in total. The Bertz CT molecular complexity index is 332. The first-order chi connectivity index (χ1) is 7.54. The summed E-state index contributed by atoms with van der Waals surface area (Å²) in [6.07, 6.45) is 3.93. The van der Waals surface area contributed by atoms with Crippen LogP contribution in [-0.4, -0.2) is 22.5 Å². The number of benzene rings is 1. The molecule has 1 aromatic carbocycles. The molecule has 0 spiro atoms. The quantitative estimate of drug-likeness (QED) is 0.580. The van der Waals surface area contributed by atoms with Crippen molar-refractivity contribution in [1.29, 1.82) is 0 Å². The van der Waals surface area contributed by atoms with E-state index in [1.165, 1.54) is 12.1 Å². The molecule has 4 nitrogen and oxygen atoms in total. The summed E-state index contributed by atoms with van der Waals surface area (Å²) < 4.78 is 0.